The molecule has 0 saturated carbocycles. The summed E-state index contributed by atoms with van der Waals surface area (Å²) < 4.78 is 47.2. The molecule has 0 N–H and O–H groups in total. The van der Waals surface area contributed by atoms with Gasteiger partial charge in [-0.3, -0.25) is 0 Å². The van der Waals surface area contributed by atoms with Crippen LogP contribution in [0.4, 0.5) is 10.2 Å². The first-order valence-electron chi connectivity index (χ1n) is 10.2. The topological polar surface area (TPSA) is 76.6 Å². The molecule has 1 aliphatic rings. The highest BCUT2D eigenvalue weighted by Crippen LogP contribution is 2.44. The summed E-state index contributed by atoms with van der Waals surface area (Å²) in [4.78, 5) is 16.6. The zero-order chi connectivity index (χ0) is 24.0. The maximum atomic E-state index is 14.1. The molecule has 2 aromatic carbocycles. The number of hydrogen-bond donors (Lipinski definition) is 0. The van der Waals surface area contributed by atoms with E-state index in [1.54, 1.807) is 36.4 Å². The first-order chi connectivity index (χ1) is 15.5. The number of aromatic nitrogens is 1. The van der Waals surface area contributed by atoms with Crippen molar-refractivity contribution in [3.05, 3.63) is 87.8 Å². The molecule has 33 heavy (non-hydrogen) atoms. The Hall–Kier alpha value is -2.97. The quantitative estimate of drug-likeness (QED) is 0.487. The van der Waals surface area contributed by atoms with E-state index in [2.05, 4.69) is 4.98 Å². The molecule has 9 heteroatoms. The highest BCUT2D eigenvalue weighted by Gasteiger charge is 2.45. The Morgan fingerprint density at radius 3 is 2.52 bits per heavy atom. The first kappa shape index (κ1) is 23.2. The zero-order valence-corrected chi connectivity index (χ0v) is 19.9. The Morgan fingerprint density at radius 1 is 1.18 bits per heavy atom. The van der Waals surface area contributed by atoms with E-state index in [1.165, 1.54) is 29.6 Å². The van der Waals surface area contributed by atoms with Gasteiger partial charge in [0.15, 0.2) is 5.69 Å². The fourth-order valence-electron chi connectivity index (χ4n) is 4.09. The average Bonchev–Trinajstić information content (AvgIpc) is 3.08. The number of pyridine rings is 1. The average molecular weight is 489 g/mol. The number of ether oxygens (including phenoxy) is 1. The molecule has 0 fully saturated rings. The van der Waals surface area contributed by atoms with Gasteiger partial charge in [0.1, 0.15) is 11.6 Å². The molecule has 1 aromatic heterocycles. The Kier molecular flexibility index (Phi) is 5.92. The number of methoxy groups -OCH3 is 1. The normalized spacial score (nSPS) is 17.7. The summed E-state index contributed by atoms with van der Waals surface area (Å²) >= 11 is 5.82. The number of fused-ring (bicyclic) bond motifs is 1. The minimum Gasteiger partial charge on any atom is -0.464 e. The SMILES string of the molecule is COC(=O)c1ccc2c(n1)N(S(=O)(=O)c1ccc(C)cc1)CC2(C)Cc1ccc(Cl)c(F)c1. The number of rotatable bonds is 5. The summed E-state index contributed by atoms with van der Waals surface area (Å²) in [7, 11) is -2.74. The van der Waals surface area contributed by atoms with Crippen LogP contribution in [0.15, 0.2) is 59.5 Å². The lowest BCUT2D eigenvalue weighted by Gasteiger charge is -2.26. The van der Waals surface area contributed by atoms with Crippen molar-refractivity contribution in [3.8, 4) is 0 Å². The standard InChI is InChI=1S/C24H22ClFN2O4S/c1-15-4-7-17(8-5-15)33(30,31)28-14-24(2,13-16-6-10-19(25)20(26)12-16)18-9-11-21(23(29)32-3)27-22(18)28/h4-12H,13-14H2,1-3H3. The van der Waals surface area contributed by atoms with Crippen LogP contribution in [-0.2, 0) is 26.6 Å². The molecule has 0 saturated heterocycles. The van der Waals surface area contributed by atoms with Crippen LogP contribution < -0.4 is 4.31 Å². The van der Waals surface area contributed by atoms with Crippen LogP contribution in [-0.4, -0.2) is 33.0 Å². The number of sulfonamides is 1. The summed E-state index contributed by atoms with van der Waals surface area (Å²) in [6.45, 7) is 3.83. The van der Waals surface area contributed by atoms with Crippen molar-refractivity contribution in [2.45, 2.75) is 30.6 Å². The number of benzene rings is 2. The predicted octanol–water partition coefficient (Wildman–Crippen LogP) is 4.68. The molecule has 0 radical (unpaired) electrons. The molecule has 0 spiro atoms. The molecule has 0 amide bonds. The van der Waals surface area contributed by atoms with Gasteiger partial charge in [-0.25, -0.2) is 26.9 Å². The Labute approximate surface area is 197 Å². The van der Waals surface area contributed by atoms with E-state index in [0.29, 0.717) is 17.5 Å². The minimum absolute atomic E-state index is 0.00198. The third kappa shape index (κ3) is 4.20. The highest BCUT2D eigenvalue weighted by atomic mass is 35.5. The maximum Gasteiger partial charge on any atom is 0.356 e. The number of carbonyl (C=O) groups excluding carboxylic acids is 1. The predicted molar refractivity (Wildman–Crippen MR) is 124 cm³/mol. The van der Waals surface area contributed by atoms with Gasteiger partial charge in [-0.15, -0.1) is 0 Å². The van der Waals surface area contributed by atoms with Gasteiger partial charge >= 0.3 is 5.97 Å². The molecule has 0 bridgehead atoms. The molecule has 4 rings (SSSR count). The summed E-state index contributed by atoms with van der Waals surface area (Å²) in [5.41, 5.74) is 1.51. The van der Waals surface area contributed by atoms with Gasteiger partial charge in [-0.05, 0) is 49.2 Å². The van der Waals surface area contributed by atoms with Gasteiger partial charge in [0.05, 0.1) is 17.0 Å². The van der Waals surface area contributed by atoms with E-state index in [1.807, 2.05) is 13.8 Å². The molecule has 2 heterocycles. The van der Waals surface area contributed by atoms with Crippen LogP contribution in [0.3, 0.4) is 0 Å². The van der Waals surface area contributed by atoms with Crippen molar-refractivity contribution in [2.75, 3.05) is 18.0 Å². The van der Waals surface area contributed by atoms with Crippen molar-refractivity contribution in [2.24, 2.45) is 0 Å². The Bertz CT molecular complexity index is 1350. The van der Waals surface area contributed by atoms with Crippen LogP contribution >= 0.6 is 11.6 Å². The van der Waals surface area contributed by atoms with E-state index in [4.69, 9.17) is 16.3 Å². The molecular weight excluding hydrogens is 467 g/mol. The number of hydrogen-bond acceptors (Lipinski definition) is 5. The van der Waals surface area contributed by atoms with Crippen LogP contribution in [0.25, 0.3) is 0 Å². The second-order valence-electron chi connectivity index (χ2n) is 8.37. The van der Waals surface area contributed by atoms with Crippen LogP contribution in [0, 0.1) is 12.7 Å². The van der Waals surface area contributed by atoms with Crippen molar-refractivity contribution < 1.29 is 22.3 Å². The second-order valence-corrected chi connectivity index (χ2v) is 10.6. The fourth-order valence-corrected chi connectivity index (χ4v) is 5.77. The lowest BCUT2D eigenvalue weighted by molar-refractivity contribution is 0.0594. The molecule has 172 valence electrons. The van der Waals surface area contributed by atoms with E-state index < -0.39 is 27.2 Å². The van der Waals surface area contributed by atoms with E-state index in [0.717, 1.165) is 5.56 Å². The summed E-state index contributed by atoms with van der Waals surface area (Å²) in [5.74, 6) is -1.05. The van der Waals surface area contributed by atoms with E-state index in [9.17, 15) is 17.6 Å². The third-order valence-corrected chi connectivity index (χ3v) is 7.89. The lowest BCUT2D eigenvalue weighted by atomic mass is 9.79. The third-order valence-electron chi connectivity index (χ3n) is 5.84. The van der Waals surface area contributed by atoms with Gasteiger partial charge < -0.3 is 4.74 Å². The minimum atomic E-state index is -3.97. The summed E-state index contributed by atoms with van der Waals surface area (Å²) in [6, 6.07) is 14.3. The van der Waals surface area contributed by atoms with Crippen LogP contribution in [0.2, 0.25) is 5.02 Å². The van der Waals surface area contributed by atoms with Gasteiger partial charge in [0.2, 0.25) is 0 Å². The van der Waals surface area contributed by atoms with Crippen LogP contribution in [0.1, 0.15) is 34.1 Å². The number of nitrogens with zero attached hydrogens (tertiary/aromatic N) is 2. The van der Waals surface area contributed by atoms with Gasteiger partial charge in [0, 0.05) is 17.5 Å². The molecule has 1 unspecified atom stereocenters. The van der Waals surface area contributed by atoms with Gasteiger partial charge in [-0.2, -0.15) is 0 Å². The van der Waals surface area contributed by atoms with Crippen LogP contribution in [0.5, 0.6) is 0 Å². The van der Waals surface area contributed by atoms with Crippen molar-refractivity contribution in [1.29, 1.82) is 0 Å². The fraction of sp³-hybridized carbons (Fsp3) is 0.250. The van der Waals surface area contributed by atoms with Crippen molar-refractivity contribution in [3.63, 3.8) is 0 Å². The van der Waals surface area contributed by atoms with E-state index >= 15 is 0 Å². The number of halogens is 2. The second kappa shape index (κ2) is 8.43. The largest absolute Gasteiger partial charge is 0.464 e. The Morgan fingerprint density at radius 2 is 1.88 bits per heavy atom. The van der Waals surface area contributed by atoms with Crippen molar-refractivity contribution in [1.82, 2.24) is 4.98 Å². The molecule has 1 aliphatic heterocycles. The molecule has 1 atom stereocenters. The summed E-state index contributed by atoms with van der Waals surface area (Å²) in [5, 5.41) is 0.0173. The smallest absolute Gasteiger partial charge is 0.356 e. The lowest BCUT2D eigenvalue weighted by Crippen LogP contribution is -2.36. The van der Waals surface area contributed by atoms with Gasteiger partial charge in [-0.1, -0.05) is 48.4 Å². The number of anilines is 1. The number of esters is 1. The molecular formula is C24H22ClFN2O4S. The summed E-state index contributed by atoms with van der Waals surface area (Å²) in [6.07, 6.45) is 0.341. The molecule has 0 aliphatic carbocycles. The number of carbonyl (C=O) groups is 1. The Balaban J connectivity index is 1.83. The maximum absolute atomic E-state index is 14.1. The van der Waals surface area contributed by atoms with E-state index in [-0.39, 0.29) is 28.0 Å². The first-order valence-corrected chi connectivity index (χ1v) is 12.0. The molecule has 6 nitrogen and oxygen atoms in total. The molecule has 3 aromatic rings. The monoisotopic (exact) mass is 488 g/mol. The van der Waals surface area contributed by atoms with Crippen molar-refractivity contribution >= 4 is 33.4 Å². The highest BCUT2D eigenvalue weighted by molar-refractivity contribution is 7.92. The number of aryl methyl sites for hydroxylation is 1. The van der Waals surface area contributed by atoms with Gasteiger partial charge in [0.25, 0.3) is 10.0 Å². The zero-order valence-electron chi connectivity index (χ0n) is 18.3.